The lowest BCUT2D eigenvalue weighted by Gasteiger charge is -1.99. The molecule has 1 aromatic heterocycles. The van der Waals surface area contributed by atoms with Gasteiger partial charge in [0, 0.05) is 11.3 Å². The van der Waals surface area contributed by atoms with Crippen LogP contribution in [0.15, 0.2) is 54.7 Å². The Morgan fingerprint density at radius 3 is 2.32 bits per heavy atom. The predicted octanol–water partition coefficient (Wildman–Crippen LogP) is 2.82. The molecule has 0 atom stereocenters. The summed E-state index contributed by atoms with van der Waals surface area (Å²) >= 11 is 0. The fourth-order valence-corrected chi connectivity index (χ4v) is 1.87. The Balaban J connectivity index is 1.95. The summed E-state index contributed by atoms with van der Waals surface area (Å²) in [5.41, 5.74) is 10.5. The first-order chi connectivity index (χ1) is 9.22. The molecule has 0 saturated heterocycles. The molecule has 0 unspecified atom stereocenters. The molecule has 3 aromatic rings. The highest BCUT2D eigenvalue weighted by atomic mass is 15.4. The second-order valence-corrected chi connectivity index (χ2v) is 4.51. The van der Waals surface area contributed by atoms with Gasteiger partial charge in [-0.05, 0) is 31.2 Å². The number of hydrogen-bond donors (Lipinski definition) is 1. The van der Waals surface area contributed by atoms with Crippen LogP contribution in [0.3, 0.4) is 0 Å². The van der Waals surface area contributed by atoms with Crippen molar-refractivity contribution in [3.8, 4) is 16.9 Å². The van der Waals surface area contributed by atoms with Crippen LogP contribution in [0.4, 0.5) is 5.69 Å². The van der Waals surface area contributed by atoms with Crippen molar-refractivity contribution in [2.45, 2.75) is 6.92 Å². The molecule has 1 heterocycles. The second-order valence-electron chi connectivity index (χ2n) is 4.51. The van der Waals surface area contributed by atoms with Crippen molar-refractivity contribution in [1.82, 2.24) is 15.0 Å². The average Bonchev–Trinajstić information content (AvgIpc) is 2.90. The zero-order valence-corrected chi connectivity index (χ0v) is 10.6. The van der Waals surface area contributed by atoms with Crippen LogP contribution in [0.2, 0.25) is 0 Å². The molecule has 0 radical (unpaired) electrons. The van der Waals surface area contributed by atoms with Crippen molar-refractivity contribution in [2.24, 2.45) is 0 Å². The Labute approximate surface area is 111 Å². The molecule has 0 saturated carbocycles. The summed E-state index contributed by atoms with van der Waals surface area (Å²) in [5, 5.41) is 8.34. The van der Waals surface area contributed by atoms with Crippen LogP contribution in [-0.4, -0.2) is 15.0 Å². The Hall–Kier alpha value is -2.62. The first kappa shape index (κ1) is 11.5. The number of hydrogen-bond acceptors (Lipinski definition) is 3. The van der Waals surface area contributed by atoms with Crippen LogP contribution in [-0.2, 0) is 0 Å². The average molecular weight is 250 g/mol. The molecule has 0 amide bonds. The molecule has 0 aliphatic rings. The van der Waals surface area contributed by atoms with Gasteiger partial charge in [-0.3, -0.25) is 0 Å². The highest BCUT2D eigenvalue weighted by molar-refractivity contribution is 5.58. The number of benzene rings is 2. The number of nitrogen functional groups attached to an aromatic ring is 1. The Bertz CT molecular complexity index is 621. The highest BCUT2D eigenvalue weighted by Gasteiger charge is 2.04. The van der Waals surface area contributed by atoms with Crippen LogP contribution in [0.25, 0.3) is 16.9 Å². The molecule has 3 rings (SSSR count). The number of rotatable bonds is 2. The van der Waals surface area contributed by atoms with E-state index >= 15 is 0 Å². The molecule has 0 bridgehead atoms. The van der Waals surface area contributed by atoms with E-state index in [1.165, 1.54) is 5.56 Å². The normalized spacial score (nSPS) is 10.6. The van der Waals surface area contributed by atoms with Crippen LogP contribution in [0.1, 0.15) is 5.56 Å². The Kier molecular flexibility index (Phi) is 2.76. The highest BCUT2D eigenvalue weighted by Crippen LogP contribution is 2.18. The second kappa shape index (κ2) is 4.57. The predicted molar refractivity (Wildman–Crippen MR) is 75.9 cm³/mol. The van der Waals surface area contributed by atoms with E-state index in [0.29, 0.717) is 0 Å². The number of aryl methyl sites for hydroxylation is 1. The van der Waals surface area contributed by atoms with Crippen LogP contribution in [0.5, 0.6) is 0 Å². The quantitative estimate of drug-likeness (QED) is 0.711. The SMILES string of the molecule is Cc1ccc(-c2cn(-c3ccc(N)cc3)nn2)cc1. The van der Waals surface area contributed by atoms with Gasteiger partial charge in [0.15, 0.2) is 0 Å². The van der Waals surface area contributed by atoms with Crippen LogP contribution >= 0.6 is 0 Å². The third-order valence-corrected chi connectivity index (χ3v) is 3.00. The van der Waals surface area contributed by atoms with Crippen molar-refractivity contribution in [3.63, 3.8) is 0 Å². The van der Waals surface area contributed by atoms with E-state index in [4.69, 9.17) is 5.73 Å². The lowest BCUT2D eigenvalue weighted by Crippen LogP contribution is -1.95. The Morgan fingerprint density at radius 2 is 1.63 bits per heavy atom. The molecule has 2 N–H and O–H groups in total. The number of anilines is 1. The van der Waals surface area contributed by atoms with Gasteiger partial charge in [0.05, 0.1) is 11.9 Å². The van der Waals surface area contributed by atoms with Crippen LogP contribution in [0, 0.1) is 6.92 Å². The minimum Gasteiger partial charge on any atom is -0.399 e. The van der Waals surface area contributed by atoms with E-state index in [0.717, 1.165) is 22.6 Å². The third-order valence-electron chi connectivity index (χ3n) is 3.00. The largest absolute Gasteiger partial charge is 0.399 e. The van der Waals surface area contributed by atoms with Gasteiger partial charge >= 0.3 is 0 Å². The third kappa shape index (κ3) is 2.33. The van der Waals surface area contributed by atoms with Crippen molar-refractivity contribution in [3.05, 3.63) is 60.3 Å². The fourth-order valence-electron chi connectivity index (χ4n) is 1.87. The fraction of sp³-hybridized carbons (Fsp3) is 0.0667. The molecular weight excluding hydrogens is 236 g/mol. The Morgan fingerprint density at radius 1 is 0.947 bits per heavy atom. The van der Waals surface area contributed by atoms with Crippen molar-refractivity contribution in [2.75, 3.05) is 5.73 Å². The van der Waals surface area contributed by atoms with Gasteiger partial charge in [-0.1, -0.05) is 35.0 Å². The van der Waals surface area contributed by atoms with Crippen molar-refractivity contribution >= 4 is 5.69 Å². The maximum Gasteiger partial charge on any atom is 0.113 e. The van der Waals surface area contributed by atoms with E-state index in [-0.39, 0.29) is 0 Å². The number of nitrogens with two attached hydrogens (primary N) is 1. The lowest BCUT2D eigenvalue weighted by molar-refractivity contribution is 0.804. The van der Waals surface area contributed by atoms with E-state index in [1.54, 1.807) is 4.68 Å². The van der Waals surface area contributed by atoms with Gasteiger partial charge in [0.25, 0.3) is 0 Å². The van der Waals surface area contributed by atoms with Crippen molar-refractivity contribution in [1.29, 1.82) is 0 Å². The van der Waals surface area contributed by atoms with Gasteiger partial charge in [0.2, 0.25) is 0 Å². The molecule has 0 aliphatic carbocycles. The topological polar surface area (TPSA) is 56.7 Å². The van der Waals surface area contributed by atoms with Gasteiger partial charge in [0.1, 0.15) is 5.69 Å². The van der Waals surface area contributed by atoms with E-state index in [1.807, 2.05) is 42.6 Å². The van der Waals surface area contributed by atoms with Gasteiger partial charge < -0.3 is 5.73 Å². The summed E-state index contributed by atoms with van der Waals surface area (Å²) in [4.78, 5) is 0. The smallest absolute Gasteiger partial charge is 0.113 e. The molecular formula is C15H14N4. The molecule has 0 spiro atoms. The summed E-state index contributed by atoms with van der Waals surface area (Å²) in [7, 11) is 0. The standard InChI is InChI=1S/C15H14N4/c1-11-2-4-12(5-3-11)15-10-19(18-17-15)14-8-6-13(16)7-9-14/h2-10H,16H2,1H3. The van der Waals surface area contributed by atoms with Gasteiger partial charge in [-0.15, -0.1) is 5.10 Å². The van der Waals surface area contributed by atoms with E-state index in [9.17, 15) is 0 Å². The summed E-state index contributed by atoms with van der Waals surface area (Å²) in [6.07, 6.45) is 1.91. The number of nitrogens with zero attached hydrogens (tertiary/aromatic N) is 3. The summed E-state index contributed by atoms with van der Waals surface area (Å²) in [6, 6.07) is 15.8. The van der Waals surface area contributed by atoms with Crippen molar-refractivity contribution < 1.29 is 0 Å². The summed E-state index contributed by atoms with van der Waals surface area (Å²) in [6.45, 7) is 2.06. The molecule has 0 fully saturated rings. The number of aromatic nitrogens is 3. The first-order valence-corrected chi connectivity index (χ1v) is 6.08. The first-order valence-electron chi connectivity index (χ1n) is 6.08. The maximum absolute atomic E-state index is 5.67. The van der Waals surface area contributed by atoms with Crippen LogP contribution < -0.4 is 5.73 Å². The molecule has 2 aromatic carbocycles. The lowest BCUT2D eigenvalue weighted by atomic mass is 10.1. The minimum atomic E-state index is 0.739. The summed E-state index contributed by atoms with van der Waals surface area (Å²) in [5.74, 6) is 0. The zero-order valence-electron chi connectivity index (χ0n) is 10.6. The molecule has 94 valence electrons. The summed E-state index contributed by atoms with van der Waals surface area (Å²) < 4.78 is 1.74. The molecule has 4 heteroatoms. The van der Waals surface area contributed by atoms with Gasteiger partial charge in [-0.25, -0.2) is 4.68 Å². The van der Waals surface area contributed by atoms with Gasteiger partial charge in [-0.2, -0.15) is 0 Å². The van der Waals surface area contributed by atoms with E-state index in [2.05, 4.69) is 29.4 Å². The van der Waals surface area contributed by atoms with E-state index < -0.39 is 0 Å². The minimum absolute atomic E-state index is 0.739. The zero-order chi connectivity index (χ0) is 13.2. The molecule has 19 heavy (non-hydrogen) atoms. The monoisotopic (exact) mass is 250 g/mol. The molecule has 4 nitrogen and oxygen atoms in total. The maximum atomic E-state index is 5.67. The molecule has 0 aliphatic heterocycles.